The van der Waals surface area contributed by atoms with Crippen LogP contribution >= 0.6 is 0 Å². The monoisotopic (exact) mass is 951 g/mol. The van der Waals surface area contributed by atoms with Gasteiger partial charge < -0.3 is 39.8 Å². The van der Waals surface area contributed by atoms with Crippen molar-refractivity contribution in [1.82, 2.24) is 40.4 Å². The van der Waals surface area contributed by atoms with Gasteiger partial charge in [-0.1, -0.05) is 74.9 Å². The van der Waals surface area contributed by atoms with Gasteiger partial charge in [-0.2, -0.15) is 0 Å². The zero-order valence-corrected chi connectivity index (χ0v) is 41.9. The molecule has 2 aliphatic heterocycles. The predicted molar refractivity (Wildman–Crippen MR) is 264 cm³/mol. The molecule has 2 aromatic rings. The first-order valence-electron chi connectivity index (χ1n) is 25.1. The fraction of sp³-hybridized carbons (Fsp3) is 0.667. The highest BCUT2D eigenvalue weighted by Gasteiger charge is 2.34. The summed E-state index contributed by atoms with van der Waals surface area (Å²) in [5.41, 5.74) is 2.04. The third kappa shape index (κ3) is 21.4. The zero-order chi connectivity index (χ0) is 49.1. The summed E-state index contributed by atoms with van der Waals surface area (Å²) in [4.78, 5) is 73.6. The van der Waals surface area contributed by atoms with E-state index in [0.717, 1.165) is 92.1 Å². The van der Waals surface area contributed by atoms with Crippen molar-refractivity contribution in [1.29, 1.82) is 0 Å². The number of rotatable bonds is 34. The summed E-state index contributed by atoms with van der Waals surface area (Å²) >= 11 is 0. The van der Waals surface area contributed by atoms with Crippen LogP contribution in [0.4, 0.5) is 19.2 Å². The Labute approximate surface area is 405 Å². The van der Waals surface area contributed by atoms with Gasteiger partial charge >= 0.3 is 24.2 Å². The number of imide groups is 2. The van der Waals surface area contributed by atoms with Crippen LogP contribution in [0.3, 0.4) is 0 Å². The van der Waals surface area contributed by atoms with Crippen LogP contribution in [0, 0.1) is 13.8 Å². The molecule has 3 N–H and O–H groups in total. The summed E-state index contributed by atoms with van der Waals surface area (Å²) in [6, 6.07) is 15.4. The molecule has 68 heavy (non-hydrogen) atoms. The van der Waals surface area contributed by atoms with Crippen molar-refractivity contribution in [2.24, 2.45) is 0 Å². The average molecular weight is 951 g/mol. The summed E-state index contributed by atoms with van der Waals surface area (Å²) in [7, 11) is 3.63. The van der Waals surface area contributed by atoms with E-state index in [9.17, 15) is 24.0 Å². The molecule has 0 radical (unpaired) electrons. The van der Waals surface area contributed by atoms with Crippen LogP contribution < -0.4 is 25.4 Å². The normalized spacial score (nSPS) is 17.8. The van der Waals surface area contributed by atoms with Crippen LogP contribution in [0.2, 0.25) is 0 Å². The largest absolute Gasteiger partial charge is 0.489 e. The fourth-order valence-corrected chi connectivity index (χ4v) is 7.87. The molecule has 2 heterocycles. The van der Waals surface area contributed by atoms with Crippen molar-refractivity contribution >= 4 is 30.7 Å². The molecule has 0 aromatic heterocycles. The van der Waals surface area contributed by atoms with E-state index in [1.165, 1.54) is 4.90 Å². The number of hydrogen-bond acceptors (Lipinski definition) is 12. The number of carbonyl (C=O) groups is 5. The van der Waals surface area contributed by atoms with Gasteiger partial charge in [0.1, 0.15) is 24.7 Å². The number of unbranched alkanes of at least 4 members (excludes halogenated alkanes) is 9. The van der Waals surface area contributed by atoms with Crippen molar-refractivity contribution in [3.8, 4) is 11.5 Å². The number of nitrogens with one attached hydrogen (secondary N) is 3. The summed E-state index contributed by atoms with van der Waals surface area (Å²) in [5.74, 6) is 1.54. The van der Waals surface area contributed by atoms with E-state index in [0.29, 0.717) is 83.3 Å². The quantitative estimate of drug-likeness (QED) is 0.0367. The van der Waals surface area contributed by atoms with Crippen molar-refractivity contribution in [2.75, 3.05) is 92.8 Å². The fourth-order valence-electron chi connectivity index (χ4n) is 7.87. The topological polar surface area (TPSA) is 174 Å². The van der Waals surface area contributed by atoms with E-state index >= 15 is 0 Å². The van der Waals surface area contributed by atoms with Gasteiger partial charge in [0.15, 0.2) is 12.2 Å². The second kappa shape index (κ2) is 31.1. The lowest BCUT2D eigenvalue weighted by Crippen LogP contribution is -2.51. The first-order chi connectivity index (χ1) is 32.9. The molecule has 2 aliphatic rings. The van der Waals surface area contributed by atoms with E-state index < -0.39 is 36.5 Å². The van der Waals surface area contributed by atoms with Crippen molar-refractivity contribution in [2.45, 2.75) is 129 Å². The van der Waals surface area contributed by atoms with E-state index in [1.54, 1.807) is 11.9 Å². The van der Waals surface area contributed by atoms with Crippen LogP contribution in [0.15, 0.2) is 48.5 Å². The van der Waals surface area contributed by atoms with Crippen LogP contribution in [0.25, 0.3) is 0 Å². The molecule has 0 bridgehead atoms. The Morgan fingerprint density at radius 2 is 1.06 bits per heavy atom. The number of amides is 7. The van der Waals surface area contributed by atoms with Crippen molar-refractivity contribution in [3.63, 3.8) is 0 Å². The number of alkyl carbamates (subject to hydrolysis) is 2. The number of aryl methyl sites for hydroxylation is 2. The minimum absolute atomic E-state index is 0.166. The molecule has 2 saturated heterocycles. The lowest BCUT2D eigenvalue weighted by Gasteiger charge is -2.30. The van der Waals surface area contributed by atoms with Gasteiger partial charge in [0, 0.05) is 78.0 Å². The van der Waals surface area contributed by atoms with Crippen LogP contribution in [-0.2, 0) is 14.3 Å². The van der Waals surface area contributed by atoms with Crippen molar-refractivity contribution < 1.29 is 42.9 Å². The molecule has 17 nitrogen and oxygen atoms in total. The molecule has 380 valence electrons. The summed E-state index contributed by atoms with van der Waals surface area (Å²) in [6.45, 7) is 14.5. The van der Waals surface area contributed by atoms with Gasteiger partial charge in [-0.3, -0.25) is 19.5 Å². The SMILES string of the molecule is CNCCCCCCN(C)C(=O)N(CCCCCCNC(=O)OC(COc1ccccc1C)CN1CC1C)C(=O)N(C=O)CCCCCCNC(=O)OC(COc1ccccc1C)CN1CC1C. The minimum Gasteiger partial charge on any atom is -0.489 e. The van der Waals surface area contributed by atoms with E-state index in [4.69, 9.17) is 18.9 Å². The number of nitrogens with zero attached hydrogens (tertiary/aromatic N) is 5. The average Bonchev–Trinajstić information content (AvgIpc) is 4.23. The standard InChI is InChI=1S/C51H82N8O9/c1-40-23-13-15-25-46(40)65-37-44(35-57-33-42(57)3)67-48(61)53-28-18-8-11-21-31-56(39-60)51(64)59(50(63)55(6)30-20-10-7-17-27-52-5)32-22-12-9-19-29-54-49(62)68-45(36-58-34-43(58)4)38-66-47-26-16-14-24-41(47)2/h13-16,23-26,39,42-45,52H,7-12,17-22,27-38H2,1-6H3,(H,53,61)(H,54,62). The molecule has 6 unspecified atom stereocenters. The number of urea groups is 2. The zero-order valence-electron chi connectivity index (χ0n) is 41.9. The number of hydrogen-bond donors (Lipinski definition) is 3. The van der Waals surface area contributed by atoms with Gasteiger partial charge in [-0.15, -0.1) is 0 Å². The van der Waals surface area contributed by atoms with Gasteiger partial charge in [-0.25, -0.2) is 24.1 Å². The highest BCUT2D eigenvalue weighted by molar-refractivity contribution is 5.97. The van der Waals surface area contributed by atoms with Crippen LogP contribution in [-0.4, -0.2) is 172 Å². The van der Waals surface area contributed by atoms with Gasteiger partial charge in [0.2, 0.25) is 6.41 Å². The second-order valence-corrected chi connectivity index (χ2v) is 18.5. The van der Waals surface area contributed by atoms with E-state index in [-0.39, 0.29) is 26.3 Å². The van der Waals surface area contributed by atoms with E-state index in [2.05, 4.69) is 39.6 Å². The molecule has 2 aromatic carbocycles. The molecule has 17 heteroatoms. The first-order valence-corrected chi connectivity index (χ1v) is 25.1. The van der Waals surface area contributed by atoms with Gasteiger partial charge in [-0.05, 0) is 103 Å². The summed E-state index contributed by atoms with van der Waals surface area (Å²) < 4.78 is 23.5. The number of carbonyl (C=O) groups excluding carboxylic acids is 5. The van der Waals surface area contributed by atoms with Gasteiger partial charge in [0.25, 0.3) is 0 Å². The first kappa shape index (κ1) is 55.5. The maximum Gasteiger partial charge on any atom is 0.407 e. The molecule has 0 aliphatic carbocycles. The lowest BCUT2D eigenvalue weighted by atomic mass is 10.2. The Balaban J connectivity index is 1.17. The lowest BCUT2D eigenvalue weighted by molar-refractivity contribution is -0.116. The van der Waals surface area contributed by atoms with Crippen LogP contribution in [0.1, 0.15) is 102 Å². The summed E-state index contributed by atoms with van der Waals surface area (Å²) in [6.07, 6.45) is 8.01. The predicted octanol–water partition coefficient (Wildman–Crippen LogP) is 7.19. The van der Waals surface area contributed by atoms with Gasteiger partial charge in [0.05, 0.1) is 0 Å². The number of ether oxygens (including phenoxy) is 4. The van der Waals surface area contributed by atoms with E-state index in [1.807, 2.05) is 69.4 Å². The molecule has 0 spiro atoms. The molecule has 4 rings (SSSR count). The second-order valence-electron chi connectivity index (χ2n) is 18.5. The maximum absolute atomic E-state index is 13.8. The number of para-hydroxylation sites is 2. The minimum atomic E-state index is -0.629. The molecular weight excluding hydrogens is 869 g/mol. The Kier molecular flexibility index (Phi) is 25.4. The van der Waals surface area contributed by atoms with Crippen molar-refractivity contribution in [3.05, 3.63) is 59.7 Å². The molecule has 7 amide bonds. The highest BCUT2D eigenvalue weighted by Crippen LogP contribution is 2.22. The Morgan fingerprint density at radius 3 is 1.50 bits per heavy atom. The third-order valence-electron chi connectivity index (χ3n) is 12.4. The molecule has 6 atom stereocenters. The molecular formula is C51H82N8O9. The highest BCUT2D eigenvalue weighted by atomic mass is 16.6. The summed E-state index contributed by atoms with van der Waals surface area (Å²) in [5, 5.41) is 8.87. The third-order valence-corrected chi connectivity index (χ3v) is 12.4. The smallest absolute Gasteiger partial charge is 0.407 e. The molecule has 2 fully saturated rings. The maximum atomic E-state index is 13.8. The number of benzene rings is 2. The Morgan fingerprint density at radius 1 is 0.632 bits per heavy atom. The molecule has 0 saturated carbocycles. The Bertz CT molecular complexity index is 1820. The van der Waals surface area contributed by atoms with Crippen LogP contribution in [0.5, 0.6) is 11.5 Å². The Hall–Kier alpha value is -5.13.